The molecule has 9 nitrogen and oxygen atoms in total. The number of nitrogens with one attached hydrogen (secondary N) is 2. The summed E-state index contributed by atoms with van der Waals surface area (Å²) in [4.78, 5) is 36.6. The molecular formula is C30H31N5O4. The summed E-state index contributed by atoms with van der Waals surface area (Å²) in [5.41, 5.74) is 3.23. The molecule has 0 atom stereocenters. The first kappa shape index (κ1) is 27.3. The number of amides is 1. The zero-order valence-corrected chi connectivity index (χ0v) is 22.6. The van der Waals surface area contributed by atoms with Crippen LogP contribution in [0.1, 0.15) is 37.6 Å². The minimum absolute atomic E-state index is 0.282. The van der Waals surface area contributed by atoms with Crippen molar-refractivity contribution < 1.29 is 19.1 Å². The van der Waals surface area contributed by atoms with Gasteiger partial charge < -0.3 is 20.1 Å². The number of fused-ring (bicyclic) bond motifs is 1. The van der Waals surface area contributed by atoms with E-state index in [-0.39, 0.29) is 12.5 Å². The number of hydrogen-bond donors (Lipinski definition) is 2. The van der Waals surface area contributed by atoms with Crippen molar-refractivity contribution >= 4 is 40.4 Å². The molecule has 0 fully saturated rings. The fourth-order valence-corrected chi connectivity index (χ4v) is 3.86. The van der Waals surface area contributed by atoms with Gasteiger partial charge >= 0.3 is 5.97 Å². The number of benzene rings is 2. The van der Waals surface area contributed by atoms with Gasteiger partial charge in [-0.3, -0.25) is 14.6 Å². The highest BCUT2D eigenvalue weighted by Gasteiger charge is 2.30. The van der Waals surface area contributed by atoms with Crippen molar-refractivity contribution in [3.63, 3.8) is 0 Å². The summed E-state index contributed by atoms with van der Waals surface area (Å²) in [5, 5.41) is 6.99. The second kappa shape index (κ2) is 11.7. The van der Waals surface area contributed by atoms with Gasteiger partial charge in [0.05, 0.1) is 11.7 Å². The highest BCUT2D eigenvalue weighted by molar-refractivity contribution is 5.92. The second-order valence-corrected chi connectivity index (χ2v) is 9.56. The number of carbonyl (C=O) groups is 2. The summed E-state index contributed by atoms with van der Waals surface area (Å²) >= 11 is 0. The van der Waals surface area contributed by atoms with E-state index in [0.717, 1.165) is 39.2 Å². The van der Waals surface area contributed by atoms with E-state index in [1.54, 1.807) is 20.0 Å². The molecule has 0 saturated heterocycles. The molecule has 0 radical (unpaired) electrons. The first-order valence-electron chi connectivity index (χ1n) is 12.5. The molecule has 0 saturated carbocycles. The molecule has 4 rings (SSSR count). The van der Waals surface area contributed by atoms with Gasteiger partial charge in [-0.2, -0.15) is 0 Å². The second-order valence-electron chi connectivity index (χ2n) is 9.56. The maximum Gasteiger partial charge on any atom is 0.303 e. The third kappa shape index (κ3) is 7.16. The van der Waals surface area contributed by atoms with Crippen LogP contribution in [0.5, 0.6) is 11.5 Å². The van der Waals surface area contributed by atoms with Crippen LogP contribution in [0.3, 0.4) is 0 Å². The lowest BCUT2D eigenvalue weighted by atomic mass is 10.1. The SMILES string of the molecule is CC(=O)OC(C)(C)C(=O)NC/C=C/c1ccc2ncnc(Nc3ccc(Oc4ccc(C)nc4)c(C)c3)c2c1. The number of rotatable bonds is 9. The molecule has 39 heavy (non-hydrogen) atoms. The molecule has 4 aromatic rings. The summed E-state index contributed by atoms with van der Waals surface area (Å²) in [6.07, 6.45) is 6.95. The van der Waals surface area contributed by atoms with E-state index in [0.29, 0.717) is 11.6 Å². The molecule has 0 bridgehead atoms. The summed E-state index contributed by atoms with van der Waals surface area (Å²) in [6, 6.07) is 15.5. The summed E-state index contributed by atoms with van der Waals surface area (Å²) in [6.45, 7) is 8.57. The van der Waals surface area contributed by atoms with Crippen molar-refractivity contribution in [1.29, 1.82) is 0 Å². The van der Waals surface area contributed by atoms with Gasteiger partial charge in [0, 0.05) is 30.2 Å². The van der Waals surface area contributed by atoms with Crippen LogP contribution in [0.15, 0.2) is 67.1 Å². The minimum Gasteiger partial charge on any atom is -0.455 e. The highest BCUT2D eigenvalue weighted by Crippen LogP contribution is 2.30. The number of anilines is 2. The Morgan fingerprint density at radius 1 is 1.00 bits per heavy atom. The van der Waals surface area contributed by atoms with Crippen molar-refractivity contribution in [2.45, 2.75) is 40.2 Å². The number of ether oxygens (including phenoxy) is 2. The highest BCUT2D eigenvalue weighted by atomic mass is 16.6. The van der Waals surface area contributed by atoms with Crippen LogP contribution in [0, 0.1) is 13.8 Å². The predicted molar refractivity (Wildman–Crippen MR) is 151 cm³/mol. The van der Waals surface area contributed by atoms with E-state index in [1.807, 2.05) is 74.5 Å². The number of aryl methyl sites for hydroxylation is 2. The molecule has 2 aromatic carbocycles. The number of esters is 1. The van der Waals surface area contributed by atoms with Crippen LogP contribution in [0.4, 0.5) is 11.5 Å². The first-order valence-corrected chi connectivity index (χ1v) is 12.5. The maximum atomic E-state index is 12.3. The van der Waals surface area contributed by atoms with Crippen LogP contribution in [-0.2, 0) is 14.3 Å². The first-order chi connectivity index (χ1) is 18.6. The minimum atomic E-state index is -1.24. The Morgan fingerprint density at radius 3 is 2.54 bits per heavy atom. The van der Waals surface area contributed by atoms with Gasteiger partial charge in [0.25, 0.3) is 5.91 Å². The lowest BCUT2D eigenvalue weighted by Gasteiger charge is -2.22. The Bertz CT molecular complexity index is 1530. The summed E-state index contributed by atoms with van der Waals surface area (Å²) in [5.74, 6) is 1.21. The fourth-order valence-electron chi connectivity index (χ4n) is 3.86. The number of pyridine rings is 1. The largest absolute Gasteiger partial charge is 0.455 e. The van der Waals surface area contributed by atoms with E-state index >= 15 is 0 Å². The van der Waals surface area contributed by atoms with Gasteiger partial charge in [-0.15, -0.1) is 0 Å². The summed E-state index contributed by atoms with van der Waals surface area (Å²) < 4.78 is 11.0. The zero-order chi connectivity index (χ0) is 28.0. The number of nitrogens with zero attached hydrogens (tertiary/aromatic N) is 3. The molecule has 0 aliphatic heterocycles. The average molecular weight is 526 g/mol. The number of carbonyl (C=O) groups excluding carboxylic acids is 2. The zero-order valence-electron chi connectivity index (χ0n) is 22.6. The molecule has 0 aliphatic rings. The molecule has 1 amide bonds. The van der Waals surface area contributed by atoms with Crippen molar-refractivity contribution in [2.24, 2.45) is 0 Å². The molecular weight excluding hydrogens is 494 g/mol. The van der Waals surface area contributed by atoms with Crippen molar-refractivity contribution in [2.75, 3.05) is 11.9 Å². The molecule has 0 spiro atoms. The topological polar surface area (TPSA) is 115 Å². The number of aromatic nitrogens is 3. The van der Waals surface area contributed by atoms with E-state index in [4.69, 9.17) is 9.47 Å². The van der Waals surface area contributed by atoms with Crippen molar-refractivity contribution in [3.05, 3.63) is 84.0 Å². The molecule has 2 N–H and O–H groups in total. The lowest BCUT2D eigenvalue weighted by molar-refractivity contribution is -0.162. The molecule has 0 aliphatic carbocycles. The molecule has 2 aromatic heterocycles. The van der Waals surface area contributed by atoms with Crippen molar-refractivity contribution in [3.8, 4) is 11.5 Å². The monoisotopic (exact) mass is 525 g/mol. The van der Waals surface area contributed by atoms with Gasteiger partial charge in [0.15, 0.2) is 5.60 Å². The van der Waals surface area contributed by atoms with E-state index in [2.05, 4.69) is 25.6 Å². The Kier molecular flexibility index (Phi) is 8.19. The molecule has 200 valence electrons. The van der Waals surface area contributed by atoms with Gasteiger partial charge in [-0.25, -0.2) is 9.97 Å². The van der Waals surface area contributed by atoms with Crippen LogP contribution >= 0.6 is 0 Å². The Labute approximate surface area is 227 Å². The quantitative estimate of drug-likeness (QED) is 0.270. The third-order valence-corrected chi connectivity index (χ3v) is 5.85. The van der Waals surface area contributed by atoms with Gasteiger partial charge in [-0.05, 0) is 81.3 Å². The Morgan fingerprint density at radius 2 is 1.82 bits per heavy atom. The fraction of sp³-hybridized carbons (Fsp3) is 0.233. The van der Waals surface area contributed by atoms with Gasteiger partial charge in [0.1, 0.15) is 23.6 Å². The van der Waals surface area contributed by atoms with E-state index in [9.17, 15) is 9.59 Å². The normalized spacial score (nSPS) is 11.4. The average Bonchev–Trinajstić information content (AvgIpc) is 2.89. The van der Waals surface area contributed by atoms with E-state index < -0.39 is 11.6 Å². The third-order valence-electron chi connectivity index (χ3n) is 5.85. The smallest absolute Gasteiger partial charge is 0.303 e. The van der Waals surface area contributed by atoms with E-state index in [1.165, 1.54) is 13.3 Å². The van der Waals surface area contributed by atoms with Gasteiger partial charge in [0.2, 0.25) is 0 Å². The lowest BCUT2D eigenvalue weighted by Crippen LogP contribution is -2.45. The number of hydrogen-bond acceptors (Lipinski definition) is 8. The maximum absolute atomic E-state index is 12.3. The predicted octanol–water partition coefficient (Wildman–Crippen LogP) is 5.65. The molecule has 2 heterocycles. The van der Waals surface area contributed by atoms with Crippen LogP contribution in [0.25, 0.3) is 17.0 Å². The van der Waals surface area contributed by atoms with Crippen molar-refractivity contribution in [1.82, 2.24) is 20.3 Å². The molecule has 0 unspecified atom stereocenters. The van der Waals surface area contributed by atoms with Crippen LogP contribution in [0.2, 0.25) is 0 Å². The Hall–Kier alpha value is -4.79. The Balaban J connectivity index is 1.45. The standard InChI is InChI=1S/C30H31N5O4/c1-19-15-23(10-13-27(19)38-24-11-8-20(2)32-17-24)35-28-25-16-22(9-12-26(25)33-18-34-28)7-6-14-31-29(37)30(4,5)39-21(3)36/h6-13,15-18H,14H2,1-5H3,(H,31,37)(H,33,34,35)/b7-6+. The van der Waals surface area contributed by atoms with Crippen LogP contribution < -0.4 is 15.4 Å². The van der Waals surface area contributed by atoms with Gasteiger partial charge in [-0.1, -0.05) is 18.2 Å². The molecule has 9 heteroatoms. The summed E-state index contributed by atoms with van der Waals surface area (Å²) in [7, 11) is 0. The van der Waals surface area contributed by atoms with Crippen LogP contribution in [-0.4, -0.2) is 39.0 Å².